The van der Waals surface area contributed by atoms with E-state index in [9.17, 15) is 9.18 Å². The molecule has 1 aromatic carbocycles. The van der Waals surface area contributed by atoms with Gasteiger partial charge in [0.1, 0.15) is 11.2 Å². The van der Waals surface area contributed by atoms with Crippen LogP contribution in [0, 0.1) is 5.82 Å². The maximum absolute atomic E-state index is 14.1. The number of aromatic nitrogens is 4. The van der Waals surface area contributed by atoms with Crippen LogP contribution in [0.4, 0.5) is 10.3 Å². The summed E-state index contributed by atoms with van der Waals surface area (Å²) < 4.78 is 15.7. The van der Waals surface area contributed by atoms with E-state index < -0.39 is 0 Å². The van der Waals surface area contributed by atoms with Gasteiger partial charge in [-0.2, -0.15) is 10.1 Å². The first-order valence-electron chi connectivity index (χ1n) is 8.55. The Labute approximate surface area is 144 Å². The Morgan fingerprint density at radius 3 is 3.00 bits per heavy atom. The summed E-state index contributed by atoms with van der Waals surface area (Å²) in [7, 11) is 1.77. The molecule has 1 aliphatic rings. The van der Waals surface area contributed by atoms with Gasteiger partial charge < -0.3 is 4.90 Å². The van der Waals surface area contributed by atoms with Gasteiger partial charge >= 0.3 is 0 Å². The van der Waals surface area contributed by atoms with Gasteiger partial charge in [0, 0.05) is 19.6 Å². The summed E-state index contributed by atoms with van der Waals surface area (Å²) in [6, 6.07) is 6.98. The lowest BCUT2D eigenvalue weighted by atomic mass is 9.95. The fourth-order valence-electron chi connectivity index (χ4n) is 3.57. The molecular formula is C18H20FN5O. The molecule has 2 aromatic heterocycles. The van der Waals surface area contributed by atoms with E-state index in [1.165, 1.54) is 12.3 Å². The zero-order valence-electron chi connectivity index (χ0n) is 14.1. The SMILES string of the molecule is Cn1ncc2c(=O)[nH]c(N3CCCCC3Cc3ccccc3F)nc21. The summed E-state index contributed by atoms with van der Waals surface area (Å²) >= 11 is 0. The van der Waals surface area contributed by atoms with Crippen LogP contribution in [0.15, 0.2) is 35.3 Å². The molecule has 4 rings (SSSR count). The quantitative estimate of drug-likeness (QED) is 0.794. The number of aryl methyl sites for hydroxylation is 1. The predicted molar refractivity (Wildman–Crippen MR) is 94.2 cm³/mol. The second kappa shape index (κ2) is 6.31. The molecule has 25 heavy (non-hydrogen) atoms. The number of nitrogens with zero attached hydrogens (tertiary/aromatic N) is 4. The van der Waals surface area contributed by atoms with Crippen molar-refractivity contribution in [2.24, 2.45) is 7.05 Å². The van der Waals surface area contributed by atoms with Crippen molar-refractivity contribution < 1.29 is 4.39 Å². The van der Waals surface area contributed by atoms with Crippen LogP contribution in [0.25, 0.3) is 11.0 Å². The molecule has 0 aliphatic carbocycles. The standard InChI is InChI=1S/C18H20FN5O/c1-23-16-14(11-20-23)17(25)22-18(21-16)24-9-5-4-7-13(24)10-12-6-2-3-8-15(12)19/h2-3,6,8,11,13H,4-5,7,9-10H2,1H3,(H,21,22,25). The Hall–Kier alpha value is -2.70. The number of fused-ring (bicyclic) bond motifs is 1. The van der Waals surface area contributed by atoms with Crippen LogP contribution < -0.4 is 10.5 Å². The molecule has 3 aromatic rings. The Balaban J connectivity index is 1.70. The Bertz CT molecular complexity index is 963. The van der Waals surface area contributed by atoms with Crippen LogP contribution in [0.5, 0.6) is 0 Å². The van der Waals surface area contributed by atoms with Crippen LogP contribution in [0.3, 0.4) is 0 Å². The summed E-state index contributed by atoms with van der Waals surface area (Å²) in [6.07, 6.45) is 5.19. The number of hydrogen-bond donors (Lipinski definition) is 1. The first kappa shape index (κ1) is 15.8. The molecule has 1 saturated heterocycles. The van der Waals surface area contributed by atoms with Gasteiger partial charge in [-0.05, 0) is 37.3 Å². The minimum Gasteiger partial charge on any atom is -0.339 e. The van der Waals surface area contributed by atoms with Crippen molar-refractivity contribution in [1.29, 1.82) is 0 Å². The van der Waals surface area contributed by atoms with E-state index in [0.29, 0.717) is 29.0 Å². The highest BCUT2D eigenvalue weighted by Gasteiger charge is 2.26. The second-order valence-corrected chi connectivity index (χ2v) is 6.53. The number of halogens is 1. The van der Waals surface area contributed by atoms with Gasteiger partial charge in [-0.15, -0.1) is 0 Å². The summed E-state index contributed by atoms with van der Waals surface area (Å²) in [5.74, 6) is 0.360. The predicted octanol–water partition coefficient (Wildman–Crippen LogP) is 2.40. The molecule has 0 amide bonds. The molecule has 1 fully saturated rings. The Morgan fingerprint density at radius 2 is 2.16 bits per heavy atom. The number of piperidine rings is 1. The fourth-order valence-corrected chi connectivity index (χ4v) is 3.57. The van der Waals surface area contributed by atoms with E-state index in [4.69, 9.17) is 0 Å². The third-order valence-electron chi connectivity index (χ3n) is 4.90. The van der Waals surface area contributed by atoms with E-state index >= 15 is 0 Å². The molecule has 6 nitrogen and oxygen atoms in total. The molecule has 0 radical (unpaired) electrons. The number of H-pyrrole nitrogens is 1. The molecule has 1 aliphatic heterocycles. The maximum Gasteiger partial charge on any atom is 0.263 e. The Morgan fingerprint density at radius 1 is 1.32 bits per heavy atom. The van der Waals surface area contributed by atoms with E-state index in [0.717, 1.165) is 25.8 Å². The van der Waals surface area contributed by atoms with Crippen molar-refractivity contribution in [2.45, 2.75) is 31.7 Å². The van der Waals surface area contributed by atoms with Crippen LogP contribution in [0.1, 0.15) is 24.8 Å². The van der Waals surface area contributed by atoms with E-state index in [1.54, 1.807) is 17.8 Å². The number of nitrogens with one attached hydrogen (secondary N) is 1. The Kier molecular flexibility index (Phi) is 3.99. The van der Waals surface area contributed by atoms with Crippen molar-refractivity contribution in [1.82, 2.24) is 19.7 Å². The number of benzene rings is 1. The molecule has 3 heterocycles. The third kappa shape index (κ3) is 2.90. The number of anilines is 1. The van der Waals surface area contributed by atoms with Crippen molar-refractivity contribution in [2.75, 3.05) is 11.4 Å². The van der Waals surface area contributed by atoms with Crippen molar-refractivity contribution in [3.8, 4) is 0 Å². The molecule has 1 atom stereocenters. The molecule has 0 spiro atoms. The minimum absolute atomic E-state index is 0.111. The largest absolute Gasteiger partial charge is 0.339 e. The van der Waals surface area contributed by atoms with Gasteiger partial charge in [-0.3, -0.25) is 14.5 Å². The summed E-state index contributed by atoms with van der Waals surface area (Å²) in [4.78, 5) is 21.9. The van der Waals surface area contributed by atoms with Gasteiger partial charge in [0.2, 0.25) is 5.95 Å². The van der Waals surface area contributed by atoms with Gasteiger partial charge in [-0.1, -0.05) is 18.2 Å². The van der Waals surface area contributed by atoms with Gasteiger partial charge in [0.15, 0.2) is 5.65 Å². The summed E-state index contributed by atoms with van der Waals surface area (Å²) in [5.41, 5.74) is 1.07. The molecular weight excluding hydrogens is 321 g/mol. The lowest BCUT2D eigenvalue weighted by Crippen LogP contribution is -2.42. The monoisotopic (exact) mass is 341 g/mol. The molecule has 0 bridgehead atoms. The smallest absolute Gasteiger partial charge is 0.263 e. The zero-order chi connectivity index (χ0) is 17.4. The normalized spacial score (nSPS) is 18.0. The van der Waals surface area contributed by atoms with Crippen LogP contribution in [-0.2, 0) is 13.5 Å². The van der Waals surface area contributed by atoms with Gasteiger partial charge in [0.05, 0.1) is 6.20 Å². The van der Waals surface area contributed by atoms with E-state index in [2.05, 4.69) is 20.0 Å². The minimum atomic E-state index is -0.191. The third-order valence-corrected chi connectivity index (χ3v) is 4.90. The van der Waals surface area contributed by atoms with Crippen LogP contribution in [-0.4, -0.2) is 32.3 Å². The highest BCUT2D eigenvalue weighted by Crippen LogP contribution is 2.25. The lowest BCUT2D eigenvalue weighted by Gasteiger charge is -2.36. The molecule has 1 unspecified atom stereocenters. The van der Waals surface area contributed by atoms with Gasteiger partial charge in [-0.25, -0.2) is 4.39 Å². The maximum atomic E-state index is 14.1. The van der Waals surface area contributed by atoms with Crippen LogP contribution in [0.2, 0.25) is 0 Å². The first-order chi connectivity index (χ1) is 12.1. The first-order valence-corrected chi connectivity index (χ1v) is 8.55. The lowest BCUT2D eigenvalue weighted by molar-refractivity contribution is 0.444. The number of rotatable bonds is 3. The highest BCUT2D eigenvalue weighted by molar-refractivity contribution is 5.74. The highest BCUT2D eigenvalue weighted by atomic mass is 19.1. The average molecular weight is 341 g/mol. The number of aromatic amines is 1. The summed E-state index contributed by atoms with van der Waals surface area (Å²) in [5, 5.41) is 4.59. The van der Waals surface area contributed by atoms with Gasteiger partial charge in [0.25, 0.3) is 5.56 Å². The number of hydrogen-bond acceptors (Lipinski definition) is 4. The van der Waals surface area contributed by atoms with Crippen LogP contribution >= 0.6 is 0 Å². The molecule has 7 heteroatoms. The molecule has 1 N–H and O–H groups in total. The van der Waals surface area contributed by atoms with Crippen molar-refractivity contribution >= 4 is 17.0 Å². The second-order valence-electron chi connectivity index (χ2n) is 6.53. The topological polar surface area (TPSA) is 66.8 Å². The zero-order valence-corrected chi connectivity index (χ0v) is 14.1. The van der Waals surface area contributed by atoms with E-state index in [1.807, 2.05) is 12.1 Å². The molecule has 130 valence electrons. The summed E-state index contributed by atoms with van der Waals surface area (Å²) in [6.45, 7) is 0.797. The van der Waals surface area contributed by atoms with Crippen molar-refractivity contribution in [3.63, 3.8) is 0 Å². The van der Waals surface area contributed by atoms with Crippen molar-refractivity contribution in [3.05, 3.63) is 52.2 Å². The fraction of sp³-hybridized carbons (Fsp3) is 0.389. The van der Waals surface area contributed by atoms with E-state index in [-0.39, 0.29) is 17.4 Å². The molecule has 0 saturated carbocycles. The average Bonchev–Trinajstić information content (AvgIpc) is 2.99.